The fourth-order valence-electron chi connectivity index (χ4n) is 3.38. The first-order valence-corrected chi connectivity index (χ1v) is 7.33. The van der Waals surface area contributed by atoms with Crippen molar-refractivity contribution in [2.24, 2.45) is 17.3 Å². The summed E-state index contributed by atoms with van der Waals surface area (Å²) in [5.74, 6) is 1.24. The second kappa shape index (κ2) is 5.15. The zero-order chi connectivity index (χ0) is 14.2. The van der Waals surface area contributed by atoms with Gasteiger partial charge in [-0.3, -0.25) is 4.79 Å². The standard InChI is InChI=1S/C17H26O2/c1-11-6-8-14-15(17(14,4)5)10-12(2)16(9-7-11)19-13(3)18/h7,10,14-16H,6,8-9H2,1-5H3/b11-7+,12-10+/t14?,15?,16-/m0/s1. The maximum Gasteiger partial charge on any atom is 0.303 e. The molecule has 0 amide bonds. The number of carbonyl (C=O) groups is 1. The van der Waals surface area contributed by atoms with E-state index >= 15 is 0 Å². The highest BCUT2D eigenvalue weighted by Crippen LogP contribution is 2.61. The molecule has 0 aliphatic heterocycles. The summed E-state index contributed by atoms with van der Waals surface area (Å²) in [6.07, 6.45) is 7.77. The van der Waals surface area contributed by atoms with Gasteiger partial charge in [0.05, 0.1) is 0 Å². The number of rotatable bonds is 1. The number of ether oxygens (including phenoxy) is 1. The molecule has 106 valence electrons. The molecule has 2 aliphatic rings. The molecule has 0 aromatic rings. The quantitative estimate of drug-likeness (QED) is 0.521. The molecule has 0 saturated heterocycles. The second-order valence-electron chi connectivity index (χ2n) is 6.79. The first-order chi connectivity index (χ1) is 8.82. The number of esters is 1. The summed E-state index contributed by atoms with van der Waals surface area (Å²) < 4.78 is 5.47. The Balaban J connectivity index is 2.22. The Bertz CT molecular complexity index is 429. The van der Waals surface area contributed by atoms with E-state index in [1.165, 1.54) is 30.9 Å². The molecule has 0 spiro atoms. The minimum atomic E-state index is -0.188. The van der Waals surface area contributed by atoms with Gasteiger partial charge in [-0.2, -0.15) is 0 Å². The third kappa shape index (κ3) is 3.10. The van der Waals surface area contributed by atoms with E-state index in [9.17, 15) is 4.79 Å². The van der Waals surface area contributed by atoms with E-state index in [-0.39, 0.29) is 12.1 Å². The average Bonchev–Trinajstić information content (AvgIpc) is 2.81. The van der Waals surface area contributed by atoms with Crippen molar-refractivity contribution < 1.29 is 9.53 Å². The molecule has 19 heavy (non-hydrogen) atoms. The van der Waals surface area contributed by atoms with E-state index in [0.717, 1.165) is 12.3 Å². The summed E-state index contributed by atoms with van der Waals surface area (Å²) in [4.78, 5) is 11.2. The lowest BCUT2D eigenvalue weighted by atomic mass is 9.99. The van der Waals surface area contributed by atoms with Crippen LogP contribution >= 0.6 is 0 Å². The van der Waals surface area contributed by atoms with Crippen molar-refractivity contribution in [3.05, 3.63) is 23.3 Å². The van der Waals surface area contributed by atoms with E-state index in [1.54, 1.807) is 0 Å². The van der Waals surface area contributed by atoms with Crippen molar-refractivity contribution >= 4 is 5.97 Å². The van der Waals surface area contributed by atoms with E-state index in [0.29, 0.717) is 11.3 Å². The van der Waals surface area contributed by atoms with Crippen LogP contribution < -0.4 is 0 Å². The van der Waals surface area contributed by atoms with Gasteiger partial charge in [0.15, 0.2) is 0 Å². The normalized spacial score (nSPS) is 39.1. The molecule has 3 atom stereocenters. The highest BCUT2D eigenvalue weighted by atomic mass is 16.5. The van der Waals surface area contributed by atoms with E-state index in [2.05, 4.69) is 39.8 Å². The summed E-state index contributed by atoms with van der Waals surface area (Å²) in [6.45, 7) is 10.5. The third-order valence-electron chi connectivity index (χ3n) is 4.93. The van der Waals surface area contributed by atoms with Gasteiger partial charge < -0.3 is 4.74 Å². The molecule has 2 nitrogen and oxygen atoms in total. The lowest BCUT2D eigenvalue weighted by Crippen LogP contribution is -2.17. The van der Waals surface area contributed by atoms with Crippen LogP contribution in [0.4, 0.5) is 0 Å². The molecule has 0 N–H and O–H groups in total. The highest BCUT2D eigenvalue weighted by molar-refractivity contribution is 5.66. The Morgan fingerprint density at radius 3 is 2.68 bits per heavy atom. The van der Waals surface area contributed by atoms with Crippen LogP contribution in [0.1, 0.15) is 53.9 Å². The fraction of sp³-hybridized carbons (Fsp3) is 0.706. The molecular formula is C17H26O2. The number of hydrogen-bond donors (Lipinski definition) is 0. The molecule has 0 aromatic heterocycles. The summed E-state index contributed by atoms with van der Waals surface area (Å²) >= 11 is 0. The Hall–Kier alpha value is -1.05. The van der Waals surface area contributed by atoms with Gasteiger partial charge in [0.1, 0.15) is 6.10 Å². The summed E-state index contributed by atoms with van der Waals surface area (Å²) in [7, 11) is 0. The average molecular weight is 262 g/mol. The third-order valence-corrected chi connectivity index (χ3v) is 4.93. The predicted octanol–water partition coefficient (Wildman–Crippen LogP) is 4.27. The van der Waals surface area contributed by atoms with Crippen LogP contribution in [0.15, 0.2) is 23.3 Å². The summed E-state index contributed by atoms with van der Waals surface area (Å²) in [5, 5.41) is 0. The molecule has 1 fully saturated rings. The Morgan fingerprint density at radius 1 is 1.37 bits per heavy atom. The zero-order valence-electron chi connectivity index (χ0n) is 12.8. The Morgan fingerprint density at radius 2 is 2.05 bits per heavy atom. The van der Waals surface area contributed by atoms with Crippen molar-refractivity contribution in [2.75, 3.05) is 0 Å². The smallest absolute Gasteiger partial charge is 0.303 e. The van der Waals surface area contributed by atoms with Crippen molar-refractivity contribution in [1.82, 2.24) is 0 Å². The molecule has 1 saturated carbocycles. The lowest BCUT2D eigenvalue weighted by molar-refractivity contribution is -0.144. The van der Waals surface area contributed by atoms with Gasteiger partial charge in [-0.1, -0.05) is 31.6 Å². The monoisotopic (exact) mass is 262 g/mol. The van der Waals surface area contributed by atoms with E-state index in [1.807, 2.05) is 0 Å². The van der Waals surface area contributed by atoms with Gasteiger partial charge in [-0.05, 0) is 49.5 Å². The van der Waals surface area contributed by atoms with E-state index < -0.39 is 0 Å². The molecule has 0 heterocycles. The Kier molecular flexibility index (Phi) is 3.89. The number of allylic oxidation sites excluding steroid dienone is 2. The topological polar surface area (TPSA) is 26.3 Å². The lowest BCUT2D eigenvalue weighted by Gasteiger charge is -2.18. The van der Waals surface area contributed by atoms with Crippen LogP contribution in [0.5, 0.6) is 0 Å². The van der Waals surface area contributed by atoms with Crippen molar-refractivity contribution in [3.8, 4) is 0 Å². The molecule has 2 unspecified atom stereocenters. The van der Waals surface area contributed by atoms with Crippen LogP contribution in [-0.4, -0.2) is 12.1 Å². The second-order valence-corrected chi connectivity index (χ2v) is 6.79. The SMILES string of the molecule is CC(=O)O[C@H]1C/C=C(\C)CCC2C(/C=C/1C)C2(C)C. The molecule has 0 bridgehead atoms. The van der Waals surface area contributed by atoms with Gasteiger partial charge in [-0.15, -0.1) is 0 Å². The molecule has 2 aliphatic carbocycles. The Labute approximate surface area is 116 Å². The van der Waals surface area contributed by atoms with Crippen LogP contribution in [-0.2, 0) is 9.53 Å². The molecule has 2 rings (SSSR count). The number of fused-ring (bicyclic) bond motifs is 1. The summed E-state index contributed by atoms with van der Waals surface area (Å²) in [6, 6.07) is 0. The minimum absolute atomic E-state index is 0.0809. The maximum atomic E-state index is 11.2. The minimum Gasteiger partial charge on any atom is -0.458 e. The van der Waals surface area contributed by atoms with Gasteiger partial charge in [-0.25, -0.2) is 0 Å². The van der Waals surface area contributed by atoms with Crippen LogP contribution in [0, 0.1) is 17.3 Å². The van der Waals surface area contributed by atoms with Crippen molar-refractivity contribution in [3.63, 3.8) is 0 Å². The zero-order valence-corrected chi connectivity index (χ0v) is 12.8. The van der Waals surface area contributed by atoms with E-state index in [4.69, 9.17) is 4.74 Å². The molecule has 2 heteroatoms. The largest absolute Gasteiger partial charge is 0.458 e. The highest BCUT2D eigenvalue weighted by Gasteiger charge is 2.55. The number of carbonyl (C=O) groups excluding carboxylic acids is 1. The summed E-state index contributed by atoms with van der Waals surface area (Å²) in [5.41, 5.74) is 3.04. The van der Waals surface area contributed by atoms with Gasteiger partial charge >= 0.3 is 5.97 Å². The van der Waals surface area contributed by atoms with Crippen LogP contribution in [0.25, 0.3) is 0 Å². The molecule has 0 aromatic carbocycles. The first-order valence-electron chi connectivity index (χ1n) is 7.33. The fourth-order valence-corrected chi connectivity index (χ4v) is 3.38. The molecule has 0 radical (unpaired) electrons. The van der Waals surface area contributed by atoms with Gasteiger partial charge in [0, 0.05) is 13.3 Å². The van der Waals surface area contributed by atoms with Crippen molar-refractivity contribution in [1.29, 1.82) is 0 Å². The van der Waals surface area contributed by atoms with Crippen molar-refractivity contribution in [2.45, 2.75) is 60.0 Å². The van der Waals surface area contributed by atoms with Gasteiger partial charge in [0.25, 0.3) is 0 Å². The number of hydrogen-bond acceptors (Lipinski definition) is 2. The predicted molar refractivity (Wildman–Crippen MR) is 77.7 cm³/mol. The maximum absolute atomic E-state index is 11.2. The van der Waals surface area contributed by atoms with Crippen LogP contribution in [0.2, 0.25) is 0 Å². The first kappa shape index (κ1) is 14.4. The van der Waals surface area contributed by atoms with Crippen LogP contribution in [0.3, 0.4) is 0 Å². The molecular weight excluding hydrogens is 236 g/mol. The van der Waals surface area contributed by atoms with Gasteiger partial charge in [0.2, 0.25) is 0 Å².